The zero-order chi connectivity index (χ0) is 14.6. The largest absolute Gasteiger partial charge is 0.463 e. The average molecular weight is 270 g/mol. The van der Waals surface area contributed by atoms with Crippen LogP contribution < -0.4 is 0 Å². The summed E-state index contributed by atoms with van der Waals surface area (Å²) in [5.74, 6) is -0.657. The molecule has 104 valence electrons. The number of esters is 1. The van der Waals surface area contributed by atoms with E-state index in [-0.39, 0.29) is 6.61 Å². The molecule has 0 bridgehead atoms. The zero-order valence-electron chi connectivity index (χ0n) is 11.7. The maximum Gasteiger partial charge on any atom is 0.347 e. The maximum atomic E-state index is 12.3. The normalized spacial score (nSPS) is 13.6. The summed E-state index contributed by atoms with van der Waals surface area (Å²) >= 11 is 0. The molecule has 2 aromatic carbocycles. The van der Waals surface area contributed by atoms with Gasteiger partial charge < -0.3 is 9.84 Å². The van der Waals surface area contributed by atoms with Gasteiger partial charge in [0.25, 0.3) is 0 Å². The fraction of sp³-hybridized carbons (Fsp3) is 0.235. The summed E-state index contributed by atoms with van der Waals surface area (Å²) in [4.78, 5) is 12.3. The number of ether oxygens (including phenoxy) is 1. The van der Waals surface area contributed by atoms with E-state index in [0.717, 1.165) is 5.56 Å². The fourth-order valence-corrected chi connectivity index (χ4v) is 2.11. The maximum absolute atomic E-state index is 12.3. The van der Waals surface area contributed by atoms with E-state index in [1.165, 1.54) is 0 Å². The Balaban J connectivity index is 2.55. The molecule has 1 N–H and O–H groups in total. The molecule has 0 radical (unpaired) electrons. The van der Waals surface area contributed by atoms with Crippen molar-refractivity contribution in [1.29, 1.82) is 0 Å². The smallest absolute Gasteiger partial charge is 0.347 e. The highest BCUT2D eigenvalue weighted by Gasteiger charge is 2.41. The molecule has 0 fully saturated rings. The molecule has 0 aliphatic rings. The van der Waals surface area contributed by atoms with Crippen molar-refractivity contribution in [2.24, 2.45) is 0 Å². The Kier molecular flexibility index (Phi) is 4.20. The molecule has 0 unspecified atom stereocenters. The Bertz CT molecular complexity index is 575. The summed E-state index contributed by atoms with van der Waals surface area (Å²) in [6.45, 7) is 3.90. The molecule has 20 heavy (non-hydrogen) atoms. The van der Waals surface area contributed by atoms with Gasteiger partial charge in [0.15, 0.2) is 0 Å². The van der Waals surface area contributed by atoms with E-state index in [0.29, 0.717) is 11.1 Å². The van der Waals surface area contributed by atoms with E-state index in [4.69, 9.17) is 4.74 Å². The van der Waals surface area contributed by atoms with Crippen molar-refractivity contribution >= 4 is 5.97 Å². The monoisotopic (exact) mass is 270 g/mol. The van der Waals surface area contributed by atoms with Crippen LogP contribution in [0.2, 0.25) is 0 Å². The predicted octanol–water partition coefficient (Wildman–Crippen LogP) is 2.79. The summed E-state index contributed by atoms with van der Waals surface area (Å²) in [7, 11) is 0. The van der Waals surface area contributed by atoms with E-state index >= 15 is 0 Å². The van der Waals surface area contributed by atoms with E-state index in [2.05, 4.69) is 0 Å². The Hall–Kier alpha value is -2.13. The van der Waals surface area contributed by atoms with Crippen molar-refractivity contribution < 1.29 is 14.6 Å². The number of aliphatic hydroxyl groups is 1. The molecule has 2 aromatic rings. The van der Waals surface area contributed by atoms with Gasteiger partial charge in [-0.1, -0.05) is 60.2 Å². The Morgan fingerprint density at radius 1 is 1.05 bits per heavy atom. The molecule has 0 aliphatic carbocycles. The van der Waals surface area contributed by atoms with Crippen LogP contribution in [0.1, 0.15) is 23.6 Å². The lowest BCUT2D eigenvalue weighted by Crippen LogP contribution is -2.38. The van der Waals surface area contributed by atoms with Crippen LogP contribution in [0.15, 0.2) is 54.6 Å². The molecule has 0 heterocycles. The van der Waals surface area contributed by atoms with Gasteiger partial charge in [-0.15, -0.1) is 0 Å². The summed E-state index contributed by atoms with van der Waals surface area (Å²) in [6, 6.07) is 16.1. The van der Waals surface area contributed by atoms with E-state index in [1.807, 2.05) is 25.1 Å². The number of hydrogen-bond acceptors (Lipinski definition) is 3. The topological polar surface area (TPSA) is 46.5 Å². The lowest BCUT2D eigenvalue weighted by molar-refractivity contribution is -0.161. The van der Waals surface area contributed by atoms with Gasteiger partial charge in [-0.3, -0.25) is 0 Å². The molecule has 0 saturated heterocycles. The zero-order valence-corrected chi connectivity index (χ0v) is 11.7. The number of benzene rings is 2. The number of carbonyl (C=O) groups is 1. The van der Waals surface area contributed by atoms with Crippen molar-refractivity contribution in [3.8, 4) is 0 Å². The van der Waals surface area contributed by atoms with Crippen LogP contribution in [0.3, 0.4) is 0 Å². The number of rotatable bonds is 4. The summed E-state index contributed by atoms with van der Waals surface area (Å²) in [5.41, 5.74) is 0.299. The van der Waals surface area contributed by atoms with Crippen molar-refractivity contribution in [2.45, 2.75) is 19.4 Å². The second-order valence-corrected chi connectivity index (χ2v) is 4.66. The van der Waals surface area contributed by atoms with Gasteiger partial charge in [0.05, 0.1) is 6.61 Å². The molecule has 0 amide bonds. The number of carbonyl (C=O) groups excluding carboxylic acids is 1. The number of aryl methyl sites for hydroxylation is 1. The van der Waals surface area contributed by atoms with Crippen molar-refractivity contribution in [1.82, 2.24) is 0 Å². The van der Waals surface area contributed by atoms with Crippen molar-refractivity contribution in [3.05, 3.63) is 71.3 Å². The third kappa shape index (κ3) is 2.58. The second kappa shape index (κ2) is 5.88. The van der Waals surface area contributed by atoms with Gasteiger partial charge in [0, 0.05) is 0 Å². The van der Waals surface area contributed by atoms with Gasteiger partial charge >= 0.3 is 5.97 Å². The average Bonchev–Trinajstić information content (AvgIpc) is 2.48. The molecule has 1 atom stereocenters. The first kappa shape index (κ1) is 14.3. The quantitative estimate of drug-likeness (QED) is 0.869. The first-order chi connectivity index (χ1) is 9.59. The highest BCUT2D eigenvalue weighted by molar-refractivity contribution is 5.85. The molecule has 2 rings (SSSR count). The molecule has 0 spiro atoms. The predicted molar refractivity (Wildman–Crippen MR) is 77.3 cm³/mol. The van der Waals surface area contributed by atoms with Gasteiger partial charge in [0.2, 0.25) is 5.60 Å². The summed E-state index contributed by atoms with van der Waals surface area (Å²) < 4.78 is 5.06. The van der Waals surface area contributed by atoms with E-state index in [1.54, 1.807) is 43.3 Å². The highest BCUT2D eigenvalue weighted by Crippen LogP contribution is 2.31. The van der Waals surface area contributed by atoms with Gasteiger partial charge in [0.1, 0.15) is 0 Å². The standard InChI is InChI=1S/C17H18O3/c1-3-20-16(18)17(19,14-7-5-4-6-8-14)15-11-9-13(2)10-12-15/h4-12,19H,3H2,1-2H3/t17-/m1/s1. The van der Waals surface area contributed by atoms with Crippen molar-refractivity contribution in [2.75, 3.05) is 6.61 Å². The first-order valence-electron chi connectivity index (χ1n) is 6.61. The summed E-state index contributed by atoms with van der Waals surface area (Å²) in [5, 5.41) is 11.0. The third-order valence-corrected chi connectivity index (χ3v) is 3.23. The number of hydrogen-bond donors (Lipinski definition) is 1. The molecular weight excluding hydrogens is 252 g/mol. The third-order valence-electron chi connectivity index (χ3n) is 3.23. The molecule has 0 aliphatic heterocycles. The van der Waals surface area contributed by atoms with Gasteiger partial charge in [-0.05, 0) is 25.0 Å². The first-order valence-corrected chi connectivity index (χ1v) is 6.61. The minimum absolute atomic E-state index is 0.222. The van der Waals surface area contributed by atoms with Crippen LogP contribution in [-0.4, -0.2) is 17.7 Å². The van der Waals surface area contributed by atoms with Crippen molar-refractivity contribution in [3.63, 3.8) is 0 Å². The fourth-order valence-electron chi connectivity index (χ4n) is 2.11. The molecule has 3 nitrogen and oxygen atoms in total. The van der Waals surface area contributed by atoms with E-state index < -0.39 is 11.6 Å². The molecule has 0 saturated carbocycles. The molecule has 3 heteroatoms. The van der Waals surface area contributed by atoms with Crippen LogP contribution in [0.25, 0.3) is 0 Å². The minimum Gasteiger partial charge on any atom is -0.463 e. The van der Waals surface area contributed by atoms with Crippen LogP contribution in [0, 0.1) is 6.92 Å². The summed E-state index contributed by atoms with van der Waals surface area (Å²) in [6.07, 6.45) is 0. The van der Waals surface area contributed by atoms with Crippen LogP contribution >= 0.6 is 0 Å². The SMILES string of the molecule is CCOC(=O)[C@@](O)(c1ccccc1)c1ccc(C)cc1. The van der Waals surface area contributed by atoms with Gasteiger partial charge in [-0.2, -0.15) is 0 Å². The van der Waals surface area contributed by atoms with Gasteiger partial charge in [-0.25, -0.2) is 4.79 Å². The lowest BCUT2D eigenvalue weighted by Gasteiger charge is -2.27. The minimum atomic E-state index is -1.77. The van der Waals surface area contributed by atoms with Crippen LogP contribution in [0.5, 0.6) is 0 Å². The second-order valence-electron chi connectivity index (χ2n) is 4.66. The van der Waals surface area contributed by atoms with Crippen LogP contribution in [-0.2, 0) is 15.1 Å². The molecule has 0 aromatic heterocycles. The molecular formula is C17H18O3. The lowest BCUT2D eigenvalue weighted by atomic mass is 9.86. The Labute approximate surface area is 118 Å². The Morgan fingerprint density at radius 3 is 2.15 bits per heavy atom. The highest BCUT2D eigenvalue weighted by atomic mass is 16.5. The Morgan fingerprint density at radius 2 is 1.60 bits per heavy atom. The van der Waals surface area contributed by atoms with E-state index in [9.17, 15) is 9.90 Å². The van der Waals surface area contributed by atoms with Crippen LogP contribution in [0.4, 0.5) is 0 Å².